The van der Waals surface area contributed by atoms with Gasteiger partial charge >= 0.3 is 6.18 Å². The number of nitrogens with zero attached hydrogens (tertiary/aromatic N) is 3. The Balaban J connectivity index is 1.76. The van der Waals surface area contributed by atoms with Crippen molar-refractivity contribution in [1.82, 2.24) is 20.1 Å². The van der Waals surface area contributed by atoms with E-state index in [2.05, 4.69) is 10.2 Å². The fourth-order valence-electron chi connectivity index (χ4n) is 2.28. The number of aromatic nitrogens is 3. The van der Waals surface area contributed by atoms with Crippen LogP contribution >= 0.6 is 11.8 Å². The van der Waals surface area contributed by atoms with Crippen LogP contribution in [-0.2, 0) is 11.3 Å². The predicted octanol–water partition coefficient (Wildman–Crippen LogP) is 3.36. The third-order valence-electron chi connectivity index (χ3n) is 3.46. The number of thioether (sulfide) groups is 1. The van der Waals surface area contributed by atoms with Gasteiger partial charge in [-0.25, -0.2) is 0 Å². The minimum Gasteiger partial charge on any atom is -0.467 e. The number of halogens is 3. The summed E-state index contributed by atoms with van der Waals surface area (Å²) >= 11 is 1.01. The highest BCUT2D eigenvalue weighted by molar-refractivity contribution is 7.99. The molecule has 0 aliphatic rings. The van der Waals surface area contributed by atoms with Crippen molar-refractivity contribution in [3.63, 3.8) is 0 Å². The van der Waals surface area contributed by atoms with Gasteiger partial charge in [-0.15, -0.1) is 10.2 Å². The van der Waals surface area contributed by atoms with E-state index in [0.717, 1.165) is 17.3 Å². The van der Waals surface area contributed by atoms with Crippen molar-refractivity contribution in [2.45, 2.75) is 17.9 Å². The average molecular weight is 396 g/mol. The zero-order chi connectivity index (χ0) is 19.3. The molecule has 6 nitrogen and oxygen atoms in total. The first kappa shape index (κ1) is 19.0. The van der Waals surface area contributed by atoms with Gasteiger partial charge in [-0.05, 0) is 12.1 Å². The first-order valence-corrected chi connectivity index (χ1v) is 8.88. The zero-order valence-electron chi connectivity index (χ0n) is 13.9. The Morgan fingerprint density at radius 2 is 1.93 bits per heavy atom. The fraction of sp³-hybridized carbons (Fsp3) is 0.235. The van der Waals surface area contributed by atoms with E-state index in [1.165, 1.54) is 0 Å². The van der Waals surface area contributed by atoms with Crippen LogP contribution in [0.5, 0.6) is 0 Å². The molecule has 1 aromatic carbocycles. The minimum absolute atomic E-state index is 0.207. The van der Waals surface area contributed by atoms with E-state index in [-0.39, 0.29) is 5.75 Å². The van der Waals surface area contributed by atoms with E-state index in [9.17, 15) is 18.0 Å². The molecule has 3 rings (SSSR count). The standard InChI is InChI=1S/C17H15F3N4O2S/c18-17(19,20)11-21-14(25)10-27-16-23-22-15(12-5-2-1-3-6-12)24(16)9-13-7-4-8-26-13/h1-8H,9-11H2,(H,21,25). The topological polar surface area (TPSA) is 73.0 Å². The predicted molar refractivity (Wildman–Crippen MR) is 93.1 cm³/mol. The molecule has 0 saturated carbocycles. The summed E-state index contributed by atoms with van der Waals surface area (Å²) in [6, 6.07) is 12.9. The lowest BCUT2D eigenvalue weighted by atomic mass is 10.2. The highest BCUT2D eigenvalue weighted by Crippen LogP contribution is 2.25. The fourth-order valence-corrected chi connectivity index (χ4v) is 3.04. The molecule has 0 spiro atoms. The van der Waals surface area contributed by atoms with Crippen LogP contribution in [0.1, 0.15) is 5.76 Å². The second-order valence-corrected chi connectivity index (χ2v) is 6.46. The summed E-state index contributed by atoms with van der Waals surface area (Å²) < 4.78 is 43.7. The number of hydrogen-bond acceptors (Lipinski definition) is 5. The van der Waals surface area contributed by atoms with E-state index in [1.807, 2.05) is 35.6 Å². The SMILES string of the molecule is O=C(CSc1nnc(-c2ccccc2)n1Cc1ccco1)NCC(F)(F)F. The van der Waals surface area contributed by atoms with Crippen molar-refractivity contribution in [1.29, 1.82) is 0 Å². The van der Waals surface area contributed by atoms with Crippen LogP contribution in [0.3, 0.4) is 0 Å². The molecule has 0 saturated heterocycles. The highest BCUT2D eigenvalue weighted by Gasteiger charge is 2.27. The molecule has 0 aliphatic carbocycles. The minimum atomic E-state index is -4.44. The number of alkyl halides is 3. The van der Waals surface area contributed by atoms with Crippen LogP contribution in [0.4, 0.5) is 13.2 Å². The normalized spacial score (nSPS) is 11.5. The molecule has 2 aromatic heterocycles. The zero-order valence-corrected chi connectivity index (χ0v) is 14.8. The second kappa shape index (κ2) is 8.30. The molecule has 0 radical (unpaired) electrons. The molecule has 0 atom stereocenters. The van der Waals surface area contributed by atoms with Crippen LogP contribution < -0.4 is 5.32 Å². The number of furan rings is 1. The Bertz CT molecular complexity index is 879. The number of hydrogen-bond donors (Lipinski definition) is 1. The number of carbonyl (C=O) groups is 1. The number of benzene rings is 1. The molecule has 0 bridgehead atoms. The average Bonchev–Trinajstić information content (AvgIpc) is 3.29. The quantitative estimate of drug-likeness (QED) is 0.620. The number of carbonyl (C=O) groups excluding carboxylic acids is 1. The Morgan fingerprint density at radius 3 is 2.59 bits per heavy atom. The van der Waals surface area contributed by atoms with E-state index in [4.69, 9.17) is 4.42 Å². The molecule has 0 aliphatic heterocycles. The van der Waals surface area contributed by atoms with E-state index in [1.54, 1.807) is 23.0 Å². The van der Waals surface area contributed by atoms with E-state index < -0.39 is 18.6 Å². The highest BCUT2D eigenvalue weighted by atomic mass is 32.2. The smallest absolute Gasteiger partial charge is 0.405 e. The summed E-state index contributed by atoms with van der Waals surface area (Å²) in [5.74, 6) is 0.299. The summed E-state index contributed by atoms with van der Waals surface area (Å²) in [6.07, 6.45) is -2.90. The maximum atomic E-state index is 12.2. The number of nitrogens with one attached hydrogen (secondary N) is 1. The van der Waals surface area contributed by atoms with Crippen LogP contribution in [-0.4, -0.2) is 39.1 Å². The lowest BCUT2D eigenvalue weighted by Gasteiger charge is -2.10. The Kier molecular flexibility index (Phi) is 5.84. The molecule has 0 fully saturated rings. The van der Waals surface area contributed by atoms with Crippen molar-refractivity contribution in [3.05, 3.63) is 54.5 Å². The summed E-state index contributed by atoms with van der Waals surface area (Å²) in [4.78, 5) is 11.7. The van der Waals surface area contributed by atoms with Gasteiger partial charge in [-0.2, -0.15) is 13.2 Å². The number of rotatable bonds is 7. The molecule has 1 N–H and O–H groups in total. The molecule has 3 aromatic rings. The summed E-state index contributed by atoms with van der Waals surface area (Å²) in [7, 11) is 0. The van der Waals surface area contributed by atoms with Gasteiger partial charge in [0.2, 0.25) is 5.91 Å². The van der Waals surface area contributed by atoms with Gasteiger partial charge in [-0.3, -0.25) is 9.36 Å². The first-order chi connectivity index (χ1) is 12.9. The van der Waals surface area contributed by atoms with Crippen LogP contribution in [0.2, 0.25) is 0 Å². The van der Waals surface area contributed by atoms with Crippen molar-refractivity contribution in [3.8, 4) is 11.4 Å². The number of amides is 1. The van der Waals surface area contributed by atoms with Gasteiger partial charge < -0.3 is 9.73 Å². The Morgan fingerprint density at radius 1 is 1.15 bits per heavy atom. The summed E-state index contributed by atoms with van der Waals surface area (Å²) in [5, 5.41) is 10.5. The second-order valence-electron chi connectivity index (χ2n) is 5.52. The molecule has 1 amide bonds. The van der Waals surface area contributed by atoms with Crippen molar-refractivity contribution >= 4 is 17.7 Å². The molecule has 142 valence electrons. The van der Waals surface area contributed by atoms with Crippen LogP contribution in [0.15, 0.2) is 58.3 Å². The van der Waals surface area contributed by atoms with E-state index >= 15 is 0 Å². The van der Waals surface area contributed by atoms with E-state index in [0.29, 0.717) is 23.3 Å². The third-order valence-corrected chi connectivity index (χ3v) is 4.43. The van der Waals surface area contributed by atoms with Gasteiger partial charge in [0.05, 0.1) is 18.6 Å². The molecule has 0 unspecified atom stereocenters. The Labute approximate surface area is 156 Å². The monoisotopic (exact) mass is 396 g/mol. The molecule has 27 heavy (non-hydrogen) atoms. The van der Waals surface area contributed by atoms with Crippen molar-refractivity contribution in [2.24, 2.45) is 0 Å². The molecule has 2 heterocycles. The van der Waals surface area contributed by atoms with Crippen LogP contribution in [0, 0.1) is 0 Å². The molecular formula is C17H15F3N4O2S. The Hall–Kier alpha value is -2.75. The lowest BCUT2D eigenvalue weighted by molar-refractivity contribution is -0.136. The molecular weight excluding hydrogens is 381 g/mol. The maximum absolute atomic E-state index is 12.2. The van der Waals surface area contributed by atoms with Crippen LogP contribution in [0.25, 0.3) is 11.4 Å². The van der Waals surface area contributed by atoms with Gasteiger partial charge in [0.15, 0.2) is 11.0 Å². The van der Waals surface area contributed by atoms with Gasteiger partial charge in [0, 0.05) is 5.56 Å². The first-order valence-electron chi connectivity index (χ1n) is 7.89. The lowest BCUT2D eigenvalue weighted by Crippen LogP contribution is -2.34. The van der Waals surface area contributed by atoms with Gasteiger partial charge in [0.25, 0.3) is 0 Å². The molecule has 10 heteroatoms. The van der Waals surface area contributed by atoms with Crippen molar-refractivity contribution < 1.29 is 22.4 Å². The largest absolute Gasteiger partial charge is 0.467 e. The van der Waals surface area contributed by atoms with Gasteiger partial charge in [-0.1, -0.05) is 42.1 Å². The summed E-state index contributed by atoms with van der Waals surface area (Å²) in [5.41, 5.74) is 0.824. The summed E-state index contributed by atoms with van der Waals surface area (Å²) in [6.45, 7) is -1.03. The van der Waals surface area contributed by atoms with Crippen molar-refractivity contribution in [2.75, 3.05) is 12.3 Å². The maximum Gasteiger partial charge on any atom is 0.405 e. The third kappa shape index (κ3) is 5.36. The van der Waals surface area contributed by atoms with Gasteiger partial charge in [0.1, 0.15) is 12.3 Å².